The second-order valence-corrected chi connectivity index (χ2v) is 8.88. The van der Waals surface area contributed by atoms with Crippen LogP contribution in [0.5, 0.6) is 5.75 Å². The molecule has 2 amide bonds. The van der Waals surface area contributed by atoms with Crippen LogP contribution in [0, 0.1) is 0 Å². The Labute approximate surface area is 174 Å². The van der Waals surface area contributed by atoms with Gasteiger partial charge in [0.05, 0.1) is 11.1 Å². The molecule has 154 valence electrons. The number of carbonyl (C=O) groups excluding carboxylic acids is 1. The minimum absolute atomic E-state index is 0.0487. The lowest BCUT2D eigenvalue weighted by atomic mass is 9.87. The van der Waals surface area contributed by atoms with Crippen molar-refractivity contribution in [1.82, 2.24) is 10.2 Å². The predicted octanol–water partition coefficient (Wildman–Crippen LogP) is 6.13. The van der Waals surface area contributed by atoms with E-state index in [1.807, 2.05) is 11.0 Å². The summed E-state index contributed by atoms with van der Waals surface area (Å²) in [6, 6.07) is 6.30. The summed E-state index contributed by atoms with van der Waals surface area (Å²) in [4.78, 5) is 14.3. The number of rotatable bonds is 11. The molecule has 4 nitrogen and oxygen atoms in total. The molecule has 27 heavy (non-hydrogen) atoms. The van der Waals surface area contributed by atoms with E-state index in [0.717, 1.165) is 55.4 Å². The Morgan fingerprint density at radius 3 is 2.26 bits per heavy atom. The van der Waals surface area contributed by atoms with E-state index in [1.165, 1.54) is 5.56 Å². The fraction of sp³-hybridized carbons (Fsp3) is 0.682. The van der Waals surface area contributed by atoms with Crippen molar-refractivity contribution in [1.29, 1.82) is 0 Å². The van der Waals surface area contributed by atoms with Crippen LogP contribution in [0.15, 0.2) is 22.7 Å². The maximum absolute atomic E-state index is 12.3. The molecule has 1 rings (SSSR count). The number of nitrogens with zero attached hydrogens (tertiary/aromatic N) is 1. The van der Waals surface area contributed by atoms with Crippen molar-refractivity contribution in [3.8, 4) is 5.75 Å². The molecule has 1 aromatic rings. The highest BCUT2D eigenvalue weighted by atomic mass is 79.9. The van der Waals surface area contributed by atoms with Gasteiger partial charge in [-0.1, -0.05) is 53.5 Å². The van der Waals surface area contributed by atoms with Crippen LogP contribution >= 0.6 is 15.9 Å². The van der Waals surface area contributed by atoms with Crippen LogP contribution in [0.1, 0.15) is 72.3 Å². The van der Waals surface area contributed by atoms with E-state index in [-0.39, 0.29) is 11.4 Å². The Morgan fingerprint density at radius 1 is 1.11 bits per heavy atom. The first-order chi connectivity index (χ1) is 12.8. The average molecular weight is 441 g/mol. The van der Waals surface area contributed by atoms with E-state index in [9.17, 15) is 4.79 Å². The lowest BCUT2D eigenvalue weighted by molar-refractivity contribution is 0.195. The highest BCUT2D eigenvalue weighted by Gasteiger charge is 2.15. The Kier molecular flexibility index (Phi) is 10.8. The van der Waals surface area contributed by atoms with Crippen molar-refractivity contribution in [2.24, 2.45) is 0 Å². The van der Waals surface area contributed by atoms with Crippen LogP contribution in [0.2, 0.25) is 0 Å². The van der Waals surface area contributed by atoms with Crippen LogP contribution in [0.3, 0.4) is 0 Å². The summed E-state index contributed by atoms with van der Waals surface area (Å²) in [5.41, 5.74) is 1.39. The monoisotopic (exact) mass is 440 g/mol. The first-order valence-corrected chi connectivity index (χ1v) is 11.0. The topological polar surface area (TPSA) is 41.6 Å². The van der Waals surface area contributed by atoms with Crippen LogP contribution in [0.25, 0.3) is 0 Å². The molecule has 0 aliphatic heterocycles. The third kappa shape index (κ3) is 9.00. The van der Waals surface area contributed by atoms with Gasteiger partial charge in [0.1, 0.15) is 5.75 Å². The summed E-state index contributed by atoms with van der Waals surface area (Å²) >= 11 is 3.60. The molecule has 0 saturated carbocycles. The number of urea groups is 1. The van der Waals surface area contributed by atoms with Crippen molar-refractivity contribution < 1.29 is 9.53 Å². The van der Waals surface area contributed by atoms with Gasteiger partial charge in [-0.15, -0.1) is 0 Å². The van der Waals surface area contributed by atoms with E-state index in [0.29, 0.717) is 13.2 Å². The van der Waals surface area contributed by atoms with E-state index in [2.05, 4.69) is 68.0 Å². The molecule has 0 saturated heterocycles. The molecule has 0 aliphatic rings. The van der Waals surface area contributed by atoms with Crippen LogP contribution in [-0.4, -0.2) is 37.2 Å². The van der Waals surface area contributed by atoms with Crippen molar-refractivity contribution in [2.45, 2.75) is 72.1 Å². The number of hydrogen-bond acceptors (Lipinski definition) is 2. The Hall–Kier alpha value is -1.23. The number of hydrogen-bond donors (Lipinski definition) is 1. The summed E-state index contributed by atoms with van der Waals surface area (Å²) in [7, 11) is 0. The molecule has 0 heterocycles. The molecule has 0 aliphatic carbocycles. The second-order valence-electron chi connectivity index (χ2n) is 8.02. The van der Waals surface area contributed by atoms with Crippen molar-refractivity contribution in [3.05, 3.63) is 28.2 Å². The zero-order valence-corrected chi connectivity index (χ0v) is 19.3. The normalized spacial score (nSPS) is 11.3. The van der Waals surface area contributed by atoms with Crippen LogP contribution in [-0.2, 0) is 5.41 Å². The second kappa shape index (κ2) is 12.3. The average Bonchev–Trinajstić information content (AvgIpc) is 2.61. The Morgan fingerprint density at radius 2 is 1.74 bits per heavy atom. The van der Waals surface area contributed by atoms with Crippen molar-refractivity contribution in [3.63, 3.8) is 0 Å². The van der Waals surface area contributed by atoms with Crippen molar-refractivity contribution in [2.75, 3.05) is 26.2 Å². The van der Waals surface area contributed by atoms with E-state index < -0.39 is 0 Å². The van der Waals surface area contributed by atoms with Gasteiger partial charge in [-0.3, -0.25) is 0 Å². The summed E-state index contributed by atoms with van der Waals surface area (Å²) in [6.07, 6.45) is 5.10. The number of nitrogens with one attached hydrogen (secondary N) is 1. The largest absolute Gasteiger partial charge is 0.492 e. The Bertz CT molecular complexity index is 562. The molecule has 0 spiro atoms. The number of ether oxygens (including phenoxy) is 1. The van der Waals surface area contributed by atoms with Gasteiger partial charge in [0, 0.05) is 19.6 Å². The Balaban J connectivity index is 2.37. The molecular weight excluding hydrogens is 404 g/mol. The summed E-state index contributed by atoms with van der Waals surface area (Å²) in [6.45, 7) is 13.8. The maximum Gasteiger partial charge on any atom is 0.317 e. The smallest absolute Gasteiger partial charge is 0.317 e. The van der Waals surface area contributed by atoms with Gasteiger partial charge < -0.3 is 15.0 Å². The first-order valence-electron chi connectivity index (χ1n) is 10.2. The zero-order chi connectivity index (χ0) is 20.3. The molecule has 0 atom stereocenters. The number of halogens is 1. The highest BCUT2D eigenvalue weighted by Crippen LogP contribution is 2.31. The quantitative estimate of drug-likeness (QED) is 0.420. The molecule has 1 N–H and O–H groups in total. The van der Waals surface area contributed by atoms with Crippen molar-refractivity contribution >= 4 is 22.0 Å². The maximum atomic E-state index is 12.3. The number of amides is 2. The minimum Gasteiger partial charge on any atom is -0.492 e. The lowest BCUT2D eigenvalue weighted by Crippen LogP contribution is -2.41. The first kappa shape index (κ1) is 23.8. The van der Waals surface area contributed by atoms with Gasteiger partial charge >= 0.3 is 6.03 Å². The molecule has 0 fully saturated rings. The summed E-state index contributed by atoms with van der Waals surface area (Å²) in [5.74, 6) is 0.849. The zero-order valence-electron chi connectivity index (χ0n) is 17.7. The summed E-state index contributed by atoms with van der Waals surface area (Å²) < 4.78 is 6.84. The SMILES string of the molecule is CCCCN(CCCC)C(=O)NCCCOc1ccc(C(C)(C)C)cc1Br. The van der Waals surface area contributed by atoms with Gasteiger partial charge in [0.15, 0.2) is 0 Å². The fourth-order valence-electron chi connectivity index (χ4n) is 2.66. The number of carbonyl (C=O) groups is 1. The van der Waals surface area contributed by atoms with Crippen LogP contribution < -0.4 is 10.1 Å². The molecule has 0 bridgehead atoms. The molecule has 0 radical (unpaired) electrons. The van der Waals surface area contributed by atoms with E-state index in [4.69, 9.17) is 4.74 Å². The standard InChI is InChI=1S/C22H37BrN2O2/c1-6-8-14-25(15-9-7-2)21(26)24-13-10-16-27-20-12-11-18(17-19(20)23)22(3,4)5/h11-12,17H,6-10,13-16H2,1-5H3,(H,24,26). The third-order valence-corrected chi connectivity index (χ3v) is 5.12. The third-order valence-electron chi connectivity index (χ3n) is 4.50. The lowest BCUT2D eigenvalue weighted by Gasteiger charge is -2.23. The van der Waals surface area contributed by atoms with E-state index >= 15 is 0 Å². The number of unbranched alkanes of at least 4 members (excludes halogenated alkanes) is 2. The van der Waals surface area contributed by atoms with Gasteiger partial charge in [0.25, 0.3) is 0 Å². The minimum atomic E-state index is 0.0487. The van der Waals surface area contributed by atoms with Crippen LogP contribution in [0.4, 0.5) is 4.79 Å². The van der Waals surface area contributed by atoms with Gasteiger partial charge in [0.2, 0.25) is 0 Å². The molecular formula is C22H37BrN2O2. The fourth-order valence-corrected chi connectivity index (χ4v) is 3.15. The highest BCUT2D eigenvalue weighted by molar-refractivity contribution is 9.10. The van der Waals surface area contributed by atoms with Gasteiger partial charge in [-0.2, -0.15) is 0 Å². The predicted molar refractivity (Wildman–Crippen MR) is 118 cm³/mol. The number of benzene rings is 1. The molecule has 0 aromatic heterocycles. The van der Waals surface area contributed by atoms with E-state index in [1.54, 1.807) is 0 Å². The summed E-state index contributed by atoms with van der Waals surface area (Å²) in [5, 5.41) is 3.03. The molecule has 1 aromatic carbocycles. The van der Waals surface area contributed by atoms with Gasteiger partial charge in [-0.25, -0.2) is 4.79 Å². The molecule has 0 unspecified atom stereocenters. The van der Waals surface area contributed by atoms with Gasteiger partial charge in [-0.05, 0) is 58.3 Å². The molecule has 5 heteroatoms.